The summed E-state index contributed by atoms with van der Waals surface area (Å²) in [5, 5.41) is 7.29. The van der Waals surface area contributed by atoms with Crippen molar-refractivity contribution in [2.24, 2.45) is 4.99 Å². The molecule has 22 heavy (non-hydrogen) atoms. The van der Waals surface area contributed by atoms with Crippen molar-refractivity contribution in [3.05, 3.63) is 34.9 Å². The van der Waals surface area contributed by atoms with Crippen LogP contribution in [0.4, 0.5) is 0 Å². The van der Waals surface area contributed by atoms with E-state index < -0.39 is 0 Å². The number of unbranched alkanes of at least 4 members (excludes halogenated alkanes) is 1. The van der Waals surface area contributed by atoms with E-state index in [1.165, 1.54) is 12.0 Å². The first-order valence-electron chi connectivity index (χ1n) is 7.53. The van der Waals surface area contributed by atoms with Crippen LogP contribution in [0.5, 0.6) is 0 Å². The molecule has 0 unspecified atom stereocenters. The van der Waals surface area contributed by atoms with Gasteiger partial charge in [0.15, 0.2) is 5.96 Å². The largest absolute Gasteiger partial charge is 0.380 e. The van der Waals surface area contributed by atoms with Gasteiger partial charge in [-0.15, -0.1) is 24.0 Å². The Labute approximate surface area is 156 Å². The van der Waals surface area contributed by atoms with Crippen LogP contribution >= 0.6 is 35.6 Å². The standard InChI is InChI=1S/C16H26ClN3O.HI/c1-3-4-11-21-12-10-20-16(18-2)19-9-8-14-6-5-7-15(17)13-14;/h5-7,13H,3-4,8-12H2,1-2H3,(H2,18,19,20);1H. The van der Waals surface area contributed by atoms with Gasteiger partial charge in [-0.3, -0.25) is 4.99 Å². The van der Waals surface area contributed by atoms with Gasteiger partial charge in [-0.25, -0.2) is 0 Å². The van der Waals surface area contributed by atoms with Crippen molar-refractivity contribution < 1.29 is 4.74 Å². The zero-order chi connectivity index (χ0) is 15.3. The Bertz CT molecular complexity index is 430. The molecule has 0 aromatic heterocycles. The van der Waals surface area contributed by atoms with Crippen LogP contribution in [-0.4, -0.2) is 39.3 Å². The van der Waals surface area contributed by atoms with Crippen molar-refractivity contribution in [3.63, 3.8) is 0 Å². The third-order valence-corrected chi connectivity index (χ3v) is 3.23. The fraction of sp³-hybridized carbons (Fsp3) is 0.562. The molecule has 0 heterocycles. The number of benzene rings is 1. The Hall–Kier alpha value is -0.530. The quantitative estimate of drug-likeness (QED) is 0.268. The summed E-state index contributed by atoms with van der Waals surface area (Å²) < 4.78 is 5.50. The van der Waals surface area contributed by atoms with E-state index in [-0.39, 0.29) is 24.0 Å². The highest BCUT2D eigenvalue weighted by Gasteiger charge is 1.98. The molecule has 0 fully saturated rings. The monoisotopic (exact) mass is 439 g/mol. The van der Waals surface area contributed by atoms with E-state index in [1.807, 2.05) is 18.2 Å². The summed E-state index contributed by atoms with van der Waals surface area (Å²) in [6.07, 6.45) is 3.20. The normalized spacial score (nSPS) is 11.0. The molecule has 0 saturated carbocycles. The molecule has 1 aromatic rings. The molecule has 1 rings (SSSR count). The Morgan fingerprint density at radius 1 is 1.23 bits per heavy atom. The van der Waals surface area contributed by atoms with Gasteiger partial charge in [-0.2, -0.15) is 0 Å². The van der Waals surface area contributed by atoms with E-state index in [2.05, 4.69) is 28.6 Å². The molecule has 2 N–H and O–H groups in total. The van der Waals surface area contributed by atoms with Gasteiger partial charge in [0.05, 0.1) is 6.61 Å². The van der Waals surface area contributed by atoms with Crippen LogP contribution < -0.4 is 10.6 Å². The van der Waals surface area contributed by atoms with Gasteiger partial charge in [0.2, 0.25) is 0 Å². The van der Waals surface area contributed by atoms with E-state index in [9.17, 15) is 0 Å². The van der Waals surface area contributed by atoms with Crippen LogP contribution in [0.2, 0.25) is 5.02 Å². The van der Waals surface area contributed by atoms with Crippen LogP contribution in [-0.2, 0) is 11.2 Å². The first-order valence-corrected chi connectivity index (χ1v) is 7.90. The Balaban J connectivity index is 0.00000441. The Morgan fingerprint density at radius 2 is 2.00 bits per heavy atom. The summed E-state index contributed by atoms with van der Waals surface area (Å²) in [5.41, 5.74) is 1.22. The van der Waals surface area contributed by atoms with Gasteiger partial charge in [0.25, 0.3) is 0 Å². The molecule has 0 saturated heterocycles. The third kappa shape index (κ3) is 10.2. The highest BCUT2D eigenvalue weighted by molar-refractivity contribution is 14.0. The maximum atomic E-state index is 5.96. The minimum absolute atomic E-state index is 0. The lowest BCUT2D eigenvalue weighted by Crippen LogP contribution is -2.39. The molecule has 0 bridgehead atoms. The first-order chi connectivity index (χ1) is 10.3. The van der Waals surface area contributed by atoms with Crippen LogP contribution in [0.25, 0.3) is 0 Å². The fourth-order valence-corrected chi connectivity index (χ4v) is 2.04. The van der Waals surface area contributed by atoms with Gasteiger partial charge in [0, 0.05) is 31.8 Å². The van der Waals surface area contributed by atoms with E-state index in [1.54, 1.807) is 7.05 Å². The molecule has 4 nitrogen and oxygen atoms in total. The zero-order valence-electron chi connectivity index (χ0n) is 13.4. The number of nitrogens with zero attached hydrogens (tertiary/aromatic N) is 1. The highest BCUT2D eigenvalue weighted by atomic mass is 127. The lowest BCUT2D eigenvalue weighted by molar-refractivity contribution is 0.136. The highest BCUT2D eigenvalue weighted by Crippen LogP contribution is 2.10. The maximum Gasteiger partial charge on any atom is 0.191 e. The molecule has 126 valence electrons. The minimum Gasteiger partial charge on any atom is -0.380 e. The average Bonchev–Trinajstić information content (AvgIpc) is 2.49. The van der Waals surface area contributed by atoms with Gasteiger partial charge in [-0.1, -0.05) is 37.1 Å². The number of hydrogen-bond acceptors (Lipinski definition) is 2. The van der Waals surface area contributed by atoms with Gasteiger partial charge in [-0.05, 0) is 30.5 Å². The summed E-state index contributed by atoms with van der Waals surface area (Å²) in [4.78, 5) is 4.18. The van der Waals surface area contributed by atoms with Crippen molar-refractivity contribution in [3.8, 4) is 0 Å². The molecule has 0 aliphatic rings. The van der Waals surface area contributed by atoms with Crippen LogP contribution in [0.15, 0.2) is 29.3 Å². The third-order valence-electron chi connectivity index (χ3n) is 3.00. The molecule has 0 radical (unpaired) electrons. The fourth-order valence-electron chi connectivity index (χ4n) is 1.83. The van der Waals surface area contributed by atoms with E-state index in [0.29, 0.717) is 6.61 Å². The zero-order valence-corrected chi connectivity index (χ0v) is 16.5. The topological polar surface area (TPSA) is 45.6 Å². The number of nitrogens with one attached hydrogen (secondary N) is 2. The lowest BCUT2D eigenvalue weighted by atomic mass is 10.1. The maximum absolute atomic E-state index is 5.96. The van der Waals surface area contributed by atoms with Gasteiger partial charge >= 0.3 is 0 Å². The molecular formula is C16H27ClIN3O. The molecule has 1 aromatic carbocycles. The van der Waals surface area contributed by atoms with Gasteiger partial charge in [0.1, 0.15) is 0 Å². The SMILES string of the molecule is CCCCOCCNC(=NC)NCCc1cccc(Cl)c1.I. The second-order valence-electron chi connectivity index (χ2n) is 4.77. The molecule has 0 atom stereocenters. The Kier molecular flexibility index (Phi) is 13.7. The van der Waals surface area contributed by atoms with Crippen molar-refractivity contribution in [2.45, 2.75) is 26.2 Å². The summed E-state index contributed by atoms with van der Waals surface area (Å²) in [6.45, 7) is 5.28. The van der Waals surface area contributed by atoms with E-state index >= 15 is 0 Å². The molecular weight excluding hydrogens is 413 g/mol. The molecule has 0 amide bonds. The van der Waals surface area contributed by atoms with Gasteiger partial charge < -0.3 is 15.4 Å². The number of hydrogen-bond donors (Lipinski definition) is 2. The van der Waals surface area contributed by atoms with Crippen molar-refractivity contribution in [2.75, 3.05) is 33.4 Å². The number of rotatable bonds is 9. The predicted octanol–water partition coefficient (Wildman–Crippen LogP) is 3.48. The lowest BCUT2D eigenvalue weighted by Gasteiger charge is -2.12. The number of ether oxygens (including phenoxy) is 1. The number of aliphatic imine (C=N–C) groups is 1. The summed E-state index contributed by atoms with van der Waals surface area (Å²) in [5.74, 6) is 0.802. The molecule has 0 aliphatic heterocycles. The predicted molar refractivity (Wildman–Crippen MR) is 106 cm³/mol. The molecule has 6 heteroatoms. The minimum atomic E-state index is 0. The first kappa shape index (κ1) is 21.5. The van der Waals surface area contributed by atoms with Crippen molar-refractivity contribution in [1.82, 2.24) is 10.6 Å². The second kappa shape index (κ2) is 14.1. The average molecular weight is 440 g/mol. The van der Waals surface area contributed by atoms with Crippen LogP contribution in [0.1, 0.15) is 25.3 Å². The smallest absolute Gasteiger partial charge is 0.191 e. The van der Waals surface area contributed by atoms with Crippen LogP contribution in [0, 0.1) is 0 Å². The number of halogens is 2. The summed E-state index contributed by atoms with van der Waals surface area (Å²) in [7, 11) is 1.77. The van der Waals surface area contributed by atoms with E-state index in [0.717, 1.165) is 43.5 Å². The molecule has 0 spiro atoms. The summed E-state index contributed by atoms with van der Waals surface area (Å²) >= 11 is 5.96. The Morgan fingerprint density at radius 3 is 2.68 bits per heavy atom. The summed E-state index contributed by atoms with van der Waals surface area (Å²) in [6, 6.07) is 7.92. The van der Waals surface area contributed by atoms with E-state index in [4.69, 9.17) is 16.3 Å². The van der Waals surface area contributed by atoms with Crippen molar-refractivity contribution >= 4 is 41.5 Å². The second-order valence-corrected chi connectivity index (χ2v) is 5.21. The number of guanidine groups is 1. The molecule has 0 aliphatic carbocycles. The van der Waals surface area contributed by atoms with Crippen LogP contribution in [0.3, 0.4) is 0 Å². The van der Waals surface area contributed by atoms with Crippen molar-refractivity contribution in [1.29, 1.82) is 0 Å².